The summed E-state index contributed by atoms with van der Waals surface area (Å²) in [4.78, 5) is 25.0. The fourth-order valence-electron chi connectivity index (χ4n) is 3.35. The van der Waals surface area contributed by atoms with Gasteiger partial charge in [-0.1, -0.05) is 48.5 Å². The van der Waals surface area contributed by atoms with Crippen molar-refractivity contribution in [2.24, 2.45) is 11.8 Å². The van der Waals surface area contributed by atoms with E-state index in [1.807, 2.05) is 42.5 Å². The average Bonchev–Trinajstić information content (AvgIpc) is 2.67. The molecule has 1 aliphatic carbocycles. The van der Waals surface area contributed by atoms with E-state index in [-0.39, 0.29) is 17.6 Å². The first-order chi connectivity index (χ1) is 12.1. The van der Waals surface area contributed by atoms with Crippen molar-refractivity contribution >= 4 is 23.5 Å². The minimum absolute atomic E-state index is 0.0472. The zero-order chi connectivity index (χ0) is 17.6. The summed E-state index contributed by atoms with van der Waals surface area (Å²) in [6.07, 6.45) is 2.55. The maximum atomic E-state index is 12.9. The number of hydrogen-bond acceptors (Lipinski definition) is 3. The van der Waals surface area contributed by atoms with Crippen LogP contribution in [0, 0.1) is 11.8 Å². The van der Waals surface area contributed by atoms with E-state index in [0.717, 1.165) is 16.2 Å². The number of Topliss-reactive ketones (excluding diaryl/α,β-unsaturated/α-hetero) is 1. The Kier molecular flexibility index (Phi) is 5.92. The lowest BCUT2D eigenvalue weighted by Crippen LogP contribution is -2.26. The molecule has 0 bridgehead atoms. The van der Waals surface area contributed by atoms with Gasteiger partial charge in [-0.05, 0) is 37.3 Å². The van der Waals surface area contributed by atoms with Crippen LogP contribution in [-0.4, -0.2) is 16.9 Å². The highest BCUT2D eigenvalue weighted by atomic mass is 32.2. The minimum atomic E-state index is -0.732. The fourth-order valence-corrected chi connectivity index (χ4v) is 4.37. The van der Waals surface area contributed by atoms with Crippen LogP contribution in [0.3, 0.4) is 0 Å². The van der Waals surface area contributed by atoms with Gasteiger partial charge in [0.15, 0.2) is 5.78 Å². The smallest absolute Gasteiger partial charge is 0.306 e. The van der Waals surface area contributed by atoms with Crippen LogP contribution in [-0.2, 0) is 10.5 Å². The lowest BCUT2D eigenvalue weighted by atomic mass is 9.78. The Balaban J connectivity index is 1.68. The zero-order valence-electron chi connectivity index (χ0n) is 14.1. The van der Waals surface area contributed by atoms with E-state index in [1.54, 1.807) is 11.8 Å². The van der Waals surface area contributed by atoms with Crippen molar-refractivity contribution in [1.29, 1.82) is 0 Å². The molecule has 1 fully saturated rings. The van der Waals surface area contributed by atoms with Gasteiger partial charge in [-0.3, -0.25) is 9.59 Å². The van der Waals surface area contributed by atoms with Gasteiger partial charge in [-0.25, -0.2) is 0 Å². The van der Waals surface area contributed by atoms with Gasteiger partial charge >= 0.3 is 5.97 Å². The molecule has 1 aliphatic rings. The van der Waals surface area contributed by atoms with E-state index in [2.05, 4.69) is 12.1 Å². The number of ketones is 1. The molecule has 0 unspecified atom stereocenters. The largest absolute Gasteiger partial charge is 0.481 e. The Hall–Kier alpha value is -2.07. The molecule has 0 saturated heterocycles. The third kappa shape index (κ3) is 4.51. The lowest BCUT2D eigenvalue weighted by Gasteiger charge is -2.25. The van der Waals surface area contributed by atoms with Crippen molar-refractivity contribution in [3.8, 4) is 0 Å². The van der Waals surface area contributed by atoms with E-state index in [9.17, 15) is 9.59 Å². The first-order valence-corrected chi connectivity index (χ1v) is 9.66. The molecule has 1 saturated carbocycles. The topological polar surface area (TPSA) is 54.4 Å². The molecule has 0 spiro atoms. The standard InChI is InChI=1S/C21H22O3S/c22-20(16-10-12-17(13-11-16)21(23)24)18-8-4-5-9-19(18)25-14-15-6-2-1-3-7-15/h1-9,16-17H,10-14H2,(H,23,24)/t16-,17-. The first-order valence-electron chi connectivity index (χ1n) is 8.68. The molecule has 25 heavy (non-hydrogen) atoms. The van der Waals surface area contributed by atoms with Gasteiger partial charge < -0.3 is 5.11 Å². The van der Waals surface area contributed by atoms with Crippen molar-refractivity contribution in [1.82, 2.24) is 0 Å². The molecular weight excluding hydrogens is 332 g/mol. The number of thioether (sulfide) groups is 1. The van der Waals surface area contributed by atoms with E-state index in [1.165, 1.54) is 5.56 Å². The Morgan fingerprint density at radius 3 is 2.16 bits per heavy atom. The number of rotatable bonds is 6. The molecule has 1 N–H and O–H groups in total. The summed E-state index contributed by atoms with van der Waals surface area (Å²) >= 11 is 1.68. The molecule has 0 atom stereocenters. The van der Waals surface area contributed by atoms with Crippen molar-refractivity contribution in [2.45, 2.75) is 36.3 Å². The van der Waals surface area contributed by atoms with E-state index < -0.39 is 5.97 Å². The third-order valence-corrected chi connectivity index (χ3v) is 5.98. The molecule has 4 heteroatoms. The zero-order valence-corrected chi connectivity index (χ0v) is 14.9. The molecule has 0 aliphatic heterocycles. The first kappa shape index (κ1) is 17.7. The summed E-state index contributed by atoms with van der Waals surface area (Å²) < 4.78 is 0. The van der Waals surface area contributed by atoms with Crippen LogP contribution in [0.2, 0.25) is 0 Å². The average molecular weight is 354 g/mol. The molecule has 0 radical (unpaired) electrons. The number of aliphatic carboxylic acids is 1. The van der Waals surface area contributed by atoms with Crippen LogP contribution in [0.1, 0.15) is 41.6 Å². The summed E-state index contributed by atoms with van der Waals surface area (Å²) in [5, 5.41) is 9.11. The summed E-state index contributed by atoms with van der Waals surface area (Å²) in [7, 11) is 0. The molecule has 130 valence electrons. The van der Waals surface area contributed by atoms with Gasteiger partial charge in [0, 0.05) is 22.1 Å². The second-order valence-electron chi connectivity index (χ2n) is 6.52. The summed E-state index contributed by atoms with van der Waals surface area (Å²) in [5.74, 6) is -0.0674. The quantitative estimate of drug-likeness (QED) is 0.582. The third-order valence-electron chi connectivity index (χ3n) is 4.84. The van der Waals surface area contributed by atoms with Crippen LogP contribution in [0.25, 0.3) is 0 Å². The van der Waals surface area contributed by atoms with Crippen LogP contribution in [0.5, 0.6) is 0 Å². The van der Waals surface area contributed by atoms with Gasteiger partial charge in [0.2, 0.25) is 0 Å². The van der Waals surface area contributed by atoms with Gasteiger partial charge in [-0.2, -0.15) is 0 Å². The summed E-state index contributed by atoms with van der Waals surface area (Å²) in [6, 6.07) is 18.0. The van der Waals surface area contributed by atoms with Gasteiger partial charge in [-0.15, -0.1) is 11.8 Å². The predicted octanol–water partition coefficient (Wildman–Crippen LogP) is 5.05. The van der Waals surface area contributed by atoms with Crippen molar-refractivity contribution in [3.63, 3.8) is 0 Å². The number of carboxylic acids is 1. The van der Waals surface area contributed by atoms with Gasteiger partial charge in [0.1, 0.15) is 0 Å². The number of hydrogen-bond donors (Lipinski definition) is 1. The number of carbonyl (C=O) groups is 2. The number of carboxylic acid groups (broad SMARTS) is 1. The second kappa shape index (κ2) is 8.34. The van der Waals surface area contributed by atoms with E-state index in [0.29, 0.717) is 25.7 Å². The molecule has 0 aromatic heterocycles. The van der Waals surface area contributed by atoms with Crippen LogP contribution in [0.15, 0.2) is 59.5 Å². The van der Waals surface area contributed by atoms with Gasteiger partial charge in [0.05, 0.1) is 5.92 Å². The summed E-state index contributed by atoms with van der Waals surface area (Å²) in [5.41, 5.74) is 2.01. The highest BCUT2D eigenvalue weighted by molar-refractivity contribution is 7.98. The monoisotopic (exact) mass is 354 g/mol. The molecule has 2 aromatic carbocycles. The number of benzene rings is 2. The number of carbonyl (C=O) groups excluding carboxylic acids is 1. The molecule has 3 rings (SSSR count). The normalized spacial score (nSPS) is 20.2. The fraction of sp³-hybridized carbons (Fsp3) is 0.333. The van der Waals surface area contributed by atoms with Gasteiger partial charge in [0.25, 0.3) is 0 Å². The second-order valence-corrected chi connectivity index (χ2v) is 7.54. The van der Waals surface area contributed by atoms with Crippen LogP contribution < -0.4 is 0 Å². The van der Waals surface area contributed by atoms with Crippen molar-refractivity contribution in [2.75, 3.05) is 0 Å². The lowest BCUT2D eigenvalue weighted by molar-refractivity contribution is -0.143. The Labute approximate surface area is 152 Å². The molecular formula is C21H22O3S. The highest BCUT2D eigenvalue weighted by Gasteiger charge is 2.30. The van der Waals surface area contributed by atoms with Crippen LogP contribution in [0.4, 0.5) is 0 Å². The van der Waals surface area contributed by atoms with Crippen molar-refractivity contribution in [3.05, 3.63) is 65.7 Å². The Morgan fingerprint density at radius 2 is 1.48 bits per heavy atom. The molecule has 0 amide bonds. The molecule has 2 aromatic rings. The molecule has 3 nitrogen and oxygen atoms in total. The van der Waals surface area contributed by atoms with Crippen LogP contribution >= 0.6 is 11.8 Å². The Bertz CT molecular complexity index is 734. The minimum Gasteiger partial charge on any atom is -0.481 e. The van der Waals surface area contributed by atoms with E-state index in [4.69, 9.17) is 5.11 Å². The maximum absolute atomic E-state index is 12.9. The maximum Gasteiger partial charge on any atom is 0.306 e. The highest BCUT2D eigenvalue weighted by Crippen LogP contribution is 2.34. The predicted molar refractivity (Wildman–Crippen MR) is 99.9 cm³/mol. The summed E-state index contributed by atoms with van der Waals surface area (Å²) in [6.45, 7) is 0. The Morgan fingerprint density at radius 1 is 0.880 bits per heavy atom. The molecule has 0 heterocycles. The van der Waals surface area contributed by atoms with E-state index >= 15 is 0 Å². The van der Waals surface area contributed by atoms with Crippen molar-refractivity contribution < 1.29 is 14.7 Å². The SMILES string of the molecule is O=C(O)[C@H]1CC[C@H](C(=O)c2ccccc2SCc2ccccc2)CC1.